The SMILES string of the molecule is N#Cc1ccc(CN2CCC(NC(=O)c3ccc(N(c4ccccc4)C4CCNCC4)cn3)CC2)cc1. The van der Waals surface area contributed by atoms with E-state index >= 15 is 0 Å². The van der Waals surface area contributed by atoms with E-state index in [0.717, 1.165) is 69.8 Å². The number of carbonyl (C=O) groups excluding carboxylic acids is 1. The molecule has 1 aromatic heterocycles. The fourth-order valence-corrected chi connectivity index (χ4v) is 5.32. The summed E-state index contributed by atoms with van der Waals surface area (Å²) in [6, 6.07) is 24.8. The molecule has 2 saturated heterocycles. The average molecular weight is 495 g/mol. The standard InChI is InChI=1S/C30H34N6O/c31-20-23-6-8-24(9-7-23)22-35-18-14-25(15-19-35)34-30(37)29-11-10-28(21-33-29)36(26-4-2-1-3-5-26)27-12-16-32-17-13-27/h1-11,21,25,27,32H,12-19,22H2,(H,34,37). The molecule has 0 spiro atoms. The van der Waals surface area contributed by atoms with Crippen LogP contribution in [-0.4, -0.2) is 54.1 Å². The van der Waals surface area contributed by atoms with E-state index in [0.29, 0.717) is 17.3 Å². The predicted molar refractivity (Wildman–Crippen MR) is 146 cm³/mol. The lowest BCUT2D eigenvalue weighted by molar-refractivity contribution is 0.0904. The number of carbonyl (C=O) groups is 1. The van der Waals surface area contributed by atoms with Crippen LogP contribution in [0, 0.1) is 11.3 Å². The summed E-state index contributed by atoms with van der Waals surface area (Å²) in [6.45, 7) is 4.74. The fraction of sp³-hybridized carbons (Fsp3) is 0.367. The first-order valence-corrected chi connectivity index (χ1v) is 13.2. The van der Waals surface area contributed by atoms with Crippen molar-refractivity contribution in [2.24, 2.45) is 0 Å². The summed E-state index contributed by atoms with van der Waals surface area (Å²) in [4.78, 5) is 22.3. The van der Waals surface area contributed by atoms with Gasteiger partial charge in [0, 0.05) is 37.4 Å². The topological polar surface area (TPSA) is 84.3 Å². The maximum Gasteiger partial charge on any atom is 0.270 e. The van der Waals surface area contributed by atoms with E-state index in [9.17, 15) is 4.79 Å². The van der Waals surface area contributed by atoms with Gasteiger partial charge < -0.3 is 15.5 Å². The van der Waals surface area contributed by atoms with Crippen molar-refractivity contribution in [1.29, 1.82) is 5.26 Å². The third kappa shape index (κ3) is 6.34. The molecule has 3 aromatic rings. The third-order valence-corrected chi connectivity index (χ3v) is 7.38. The van der Waals surface area contributed by atoms with Gasteiger partial charge in [-0.1, -0.05) is 30.3 Å². The number of likely N-dealkylation sites (tertiary alicyclic amines) is 1. The molecule has 2 N–H and O–H groups in total. The van der Waals surface area contributed by atoms with E-state index < -0.39 is 0 Å². The number of amides is 1. The Hall–Kier alpha value is -3.73. The van der Waals surface area contributed by atoms with Crippen molar-refractivity contribution in [2.45, 2.75) is 44.3 Å². The van der Waals surface area contributed by atoms with Crippen molar-refractivity contribution >= 4 is 17.3 Å². The van der Waals surface area contributed by atoms with Gasteiger partial charge in [-0.25, -0.2) is 4.98 Å². The van der Waals surface area contributed by atoms with E-state index in [1.165, 1.54) is 5.56 Å². The molecule has 0 saturated carbocycles. The molecular formula is C30H34N6O. The smallest absolute Gasteiger partial charge is 0.270 e. The van der Waals surface area contributed by atoms with Gasteiger partial charge >= 0.3 is 0 Å². The fourth-order valence-electron chi connectivity index (χ4n) is 5.32. The van der Waals surface area contributed by atoms with Crippen LogP contribution in [0.25, 0.3) is 0 Å². The molecule has 190 valence electrons. The van der Waals surface area contributed by atoms with Crippen LogP contribution in [-0.2, 0) is 6.54 Å². The van der Waals surface area contributed by atoms with Gasteiger partial charge in [0.2, 0.25) is 0 Å². The lowest BCUT2D eigenvalue weighted by atomic mass is 10.0. The summed E-state index contributed by atoms with van der Waals surface area (Å²) in [7, 11) is 0. The second kappa shape index (κ2) is 12.0. The summed E-state index contributed by atoms with van der Waals surface area (Å²) < 4.78 is 0. The summed E-state index contributed by atoms with van der Waals surface area (Å²) in [5.74, 6) is -0.106. The number of nitrogens with zero attached hydrogens (tertiary/aromatic N) is 4. The predicted octanol–water partition coefficient (Wildman–Crippen LogP) is 4.24. The minimum atomic E-state index is -0.106. The summed E-state index contributed by atoms with van der Waals surface area (Å²) >= 11 is 0. The quantitative estimate of drug-likeness (QED) is 0.511. The van der Waals surface area contributed by atoms with Crippen molar-refractivity contribution in [3.63, 3.8) is 0 Å². The van der Waals surface area contributed by atoms with Crippen LogP contribution in [0.15, 0.2) is 72.9 Å². The number of piperidine rings is 2. The van der Waals surface area contributed by atoms with Crippen molar-refractivity contribution in [3.05, 3.63) is 89.7 Å². The van der Waals surface area contributed by atoms with E-state index in [1.807, 2.05) is 48.7 Å². The highest BCUT2D eigenvalue weighted by atomic mass is 16.1. The molecule has 5 rings (SSSR count). The second-order valence-corrected chi connectivity index (χ2v) is 9.92. The number of benzene rings is 2. The van der Waals surface area contributed by atoms with Gasteiger partial charge in [-0.05, 0) is 80.7 Å². The van der Waals surface area contributed by atoms with E-state index in [2.05, 4.69) is 55.8 Å². The van der Waals surface area contributed by atoms with Crippen molar-refractivity contribution in [3.8, 4) is 6.07 Å². The molecule has 0 unspecified atom stereocenters. The molecule has 0 bridgehead atoms. The molecule has 7 heteroatoms. The Morgan fingerprint density at radius 1 is 0.973 bits per heavy atom. The Balaban J connectivity index is 1.17. The molecule has 1 amide bonds. The number of para-hydroxylation sites is 1. The first kappa shape index (κ1) is 24.9. The summed E-state index contributed by atoms with van der Waals surface area (Å²) in [5, 5.41) is 15.6. The van der Waals surface area contributed by atoms with Crippen LogP contribution < -0.4 is 15.5 Å². The zero-order valence-corrected chi connectivity index (χ0v) is 21.1. The molecule has 0 atom stereocenters. The summed E-state index contributed by atoms with van der Waals surface area (Å²) in [6.07, 6.45) is 5.81. The number of rotatable bonds is 7. The van der Waals surface area contributed by atoms with Gasteiger partial charge in [-0.15, -0.1) is 0 Å². The molecule has 2 aliphatic heterocycles. The van der Waals surface area contributed by atoms with Gasteiger partial charge in [0.1, 0.15) is 5.69 Å². The Morgan fingerprint density at radius 3 is 2.35 bits per heavy atom. The maximum atomic E-state index is 13.0. The minimum Gasteiger partial charge on any atom is -0.348 e. The number of hydrogen-bond donors (Lipinski definition) is 2. The first-order valence-electron chi connectivity index (χ1n) is 13.2. The normalized spacial score (nSPS) is 17.2. The van der Waals surface area contributed by atoms with Crippen molar-refractivity contribution in [2.75, 3.05) is 31.1 Å². The monoisotopic (exact) mass is 494 g/mol. The van der Waals surface area contributed by atoms with E-state index in [-0.39, 0.29) is 11.9 Å². The van der Waals surface area contributed by atoms with Gasteiger partial charge in [-0.2, -0.15) is 5.26 Å². The highest BCUT2D eigenvalue weighted by Gasteiger charge is 2.24. The number of pyridine rings is 1. The highest BCUT2D eigenvalue weighted by molar-refractivity contribution is 5.92. The zero-order chi connectivity index (χ0) is 25.5. The van der Waals surface area contributed by atoms with Gasteiger partial charge in [0.15, 0.2) is 0 Å². The van der Waals surface area contributed by atoms with Crippen molar-refractivity contribution in [1.82, 2.24) is 20.5 Å². The van der Waals surface area contributed by atoms with Crippen LogP contribution >= 0.6 is 0 Å². The molecule has 2 aliphatic rings. The molecule has 2 fully saturated rings. The molecule has 0 radical (unpaired) electrons. The van der Waals surface area contributed by atoms with Gasteiger partial charge in [0.25, 0.3) is 5.91 Å². The van der Waals surface area contributed by atoms with Crippen LogP contribution in [0.4, 0.5) is 11.4 Å². The average Bonchev–Trinajstić information content (AvgIpc) is 2.96. The van der Waals surface area contributed by atoms with Crippen LogP contribution in [0.2, 0.25) is 0 Å². The lowest BCUT2D eigenvalue weighted by Crippen LogP contribution is -2.44. The Kier molecular flexibility index (Phi) is 8.09. The molecule has 0 aliphatic carbocycles. The van der Waals surface area contributed by atoms with Crippen LogP contribution in [0.5, 0.6) is 0 Å². The number of aromatic nitrogens is 1. The van der Waals surface area contributed by atoms with Crippen LogP contribution in [0.1, 0.15) is 47.3 Å². The highest BCUT2D eigenvalue weighted by Crippen LogP contribution is 2.30. The maximum absolute atomic E-state index is 13.0. The number of anilines is 2. The molecule has 3 heterocycles. The third-order valence-electron chi connectivity index (χ3n) is 7.38. The molecule has 37 heavy (non-hydrogen) atoms. The molecular weight excluding hydrogens is 460 g/mol. The van der Waals surface area contributed by atoms with Crippen molar-refractivity contribution < 1.29 is 4.79 Å². The van der Waals surface area contributed by atoms with Gasteiger partial charge in [0.05, 0.1) is 23.5 Å². The second-order valence-electron chi connectivity index (χ2n) is 9.92. The Morgan fingerprint density at radius 2 is 1.70 bits per heavy atom. The van der Waals surface area contributed by atoms with E-state index in [4.69, 9.17) is 5.26 Å². The zero-order valence-electron chi connectivity index (χ0n) is 21.1. The minimum absolute atomic E-state index is 0.106. The largest absolute Gasteiger partial charge is 0.348 e. The molecule has 7 nitrogen and oxygen atoms in total. The number of hydrogen-bond acceptors (Lipinski definition) is 6. The van der Waals surface area contributed by atoms with Crippen LogP contribution in [0.3, 0.4) is 0 Å². The lowest BCUT2D eigenvalue weighted by Gasteiger charge is -2.36. The Bertz CT molecular complexity index is 1190. The summed E-state index contributed by atoms with van der Waals surface area (Å²) in [5.41, 5.74) is 4.53. The van der Waals surface area contributed by atoms with Gasteiger partial charge in [-0.3, -0.25) is 9.69 Å². The Labute approximate surface area is 219 Å². The van der Waals surface area contributed by atoms with E-state index in [1.54, 1.807) is 0 Å². The first-order chi connectivity index (χ1) is 18.2. The number of nitriles is 1. The molecule has 2 aromatic carbocycles. The number of nitrogens with one attached hydrogen (secondary N) is 2.